The van der Waals surface area contributed by atoms with Gasteiger partial charge in [-0.1, -0.05) is 11.8 Å². The van der Waals surface area contributed by atoms with Gasteiger partial charge < -0.3 is 10.0 Å². The number of anilines is 1. The van der Waals surface area contributed by atoms with Crippen LogP contribution in [0.25, 0.3) is 0 Å². The van der Waals surface area contributed by atoms with Crippen LogP contribution in [0.1, 0.15) is 52.4 Å². The van der Waals surface area contributed by atoms with Gasteiger partial charge in [-0.15, -0.1) is 0 Å². The van der Waals surface area contributed by atoms with Crippen molar-refractivity contribution in [1.29, 1.82) is 0 Å². The van der Waals surface area contributed by atoms with Crippen LogP contribution >= 0.6 is 11.8 Å². The summed E-state index contributed by atoms with van der Waals surface area (Å²) in [4.78, 5) is 11.3. The minimum atomic E-state index is -0.546. The molecule has 1 aromatic heterocycles. The summed E-state index contributed by atoms with van der Waals surface area (Å²) in [6, 6.07) is 4.83. The smallest absolute Gasteiger partial charge is 0.144 e. The average Bonchev–Trinajstić information content (AvgIpc) is 3.21. The van der Waals surface area contributed by atoms with Gasteiger partial charge in [0.15, 0.2) is 0 Å². The third-order valence-corrected chi connectivity index (χ3v) is 7.32. The van der Waals surface area contributed by atoms with E-state index in [1.54, 1.807) is 0 Å². The lowest BCUT2D eigenvalue weighted by atomic mass is 9.77. The molecule has 1 aromatic rings. The van der Waals surface area contributed by atoms with E-state index in [9.17, 15) is 5.11 Å². The molecule has 2 fully saturated rings. The number of aliphatic hydroxyl groups is 1. The van der Waals surface area contributed by atoms with Crippen molar-refractivity contribution in [2.75, 3.05) is 18.0 Å². The predicted octanol–water partition coefficient (Wildman–Crippen LogP) is 3.70. The van der Waals surface area contributed by atoms with Gasteiger partial charge in [-0.3, -0.25) is 4.90 Å². The zero-order valence-electron chi connectivity index (χ0n) is 14.8. The van der Waals surface area contributed by atoms with Crippen molar-refractivity contribution in [1.82, 2.24) is 9.88 Å². The number of thioether (sulfide) groups is 1. The normalized spacial score (nSPS) is 31.5. The van der Waals surface area contributed by atoms with Crippen molar-refractivity contribution in [3.05, 3.63) is 18.3 Å². The predicted molar refractivity (Wildman–Crippen MR) is 99.2 cm³/mol. The third-order valence-electron chi connectivity index (χ3n) is 6.01. The highest BCUT2D eigenvalue weighted by Crippen LogP contribution is 2.47. The van der Waals surface area contributed by atoms with Crippen molar-refractivity contribution in [3.8, 4) is 0 Å². The number of fused-ring (bicyclic) bond motifs is 1. The fourth-order valence-electron chi connectivity index (χ4n) is 4.57. The van der Waals surface area contributed by atoms with Crippen LogP contribution in [0.2, 0.25) is 0 Å². The Morgan fingerprint density at radius 2 is 1.88 bits per heavy atom. The maximum Gasteiger partial charge on any atom is 0.144 e. The molecule has 24 heavy (non-hydrogen) atoms. The second-order valence-electron chi connectivity index (χ2n) is 8.08. The Morgan fingerprint density at radius 1 is 1.17 bits per heavy atom. The fourth-order valence-corrected chi connectivity index (χ4v) is 5.96. The van der Waals surface area contributed by atoms with Gasteiger partial charge >= 0.3 is 0 Å². The molecule has 1 N–H and O–H groups in total. The first-order valence-electron chi connectivity index (χ1n) is 9.40. The Balaban J connectivity index is 1.55. The largest absolute Gasteiger partial charge is 0.390 e. The molecule has 2 aliphatic heterocycles. The van der Waals surface area contributed by atoms with Crippen molar-refractivity contribution < 1.29 is 5.11 Å². The summed E-state index contributed by atoms with van der Waals surface area (Å²) >= 11 is 1.98. The Bertz CT molecular complexity index is 574. The molecule has 0 bridgehead atoms. The Labute approximate surface area is 149 Å². The molecule has 0 amide bonds. The SMILES string of the molecule is CC(C)(O)C1CCC(N2c3ncccc3SC2N2CCCC2)CC1. The van der Waals surface area contributed by atoms with E-state index in [1.165, 1.54) is 36.6 Å². The summed E-state index contributed by atoms with van der Waals surface area (Å²) in [5, 5.41) is 10.3. The number of pyridine rings is 1. The fraction of sp³-hybridized carbons (Fsp3) is 0.737. The zero-order valence-corrected chi connectivity index (χ0v) is 15.6. The van der Waals surface area contributed by atoms with Gasteiger partial charge in [0.25, 0.3) is 0 Å². The van der Waals surface area contributed by atoms with Gasteiger partial charge in [0.05, 0.1) is 10.5 Å². The molecule has 1 unspecified atom stereocenters. The molecule has 1 atom stereocenters. The average molecular weight is 348 g/mol. The molecule has 1 saturated carbocycles. The molecule has 5 heteroatoms. The van der Waals surface area contributed by atoms with Crippen molar-refractivity contribution in [2.24, 2.45) is 5.92 Å². The summed E-state index contributed by atoms with van der Waals surface area (Å²) in [6.45, 7) is 6.35. The highest BCUT2D eigenvalue weighted by molar-refractivity contribution is 8.00. The van der Waals surface area contributed by atoms with E-state index < -0.39 is 5.60 Å². The number of rotatable bonds is 3. The molecule has 0 spiro atoms. The molecule has 4 nitrogen and oxygen atoms in total. The molecular formula is C19H29N3OS. The molecular weight excluding hydrogens is 318 g/mol. The third kappa shape index (κ3) is 3.06. The quantitative estimate of drug-likeness (QED) is 0.903. The lowest BCUT2D eigenvalue weighted by Gasteiger charge is -2.43. The minimum absolute atomic E-state index is 0.418. The first-order valence-corrected chi connectivity index (χ1v) is 10.3. The van der Waals surface area contributed by atoms with Crippen LogP contribution in [0.4, 0.5) is 5.82 Å². The number of hydrogen-bond acceptors (Lipinski definition) is 5. The van der Waals surface area contributed by atoms with E-state index in [-0.39, 0.29) is 0 Å². The number of hydrogen-bond donors (Lipinski definition) is 1. The molecule has 3 heterocycles. The summed E-state index contributed by atoms with van der Waals surface area (Å²) in [7, 11) is 0. The van der Waals surface area contributed by atoms with E-state index >= 15 is 0 Å². The monoisotopic (exact) mass is 347 g/mol. The van der Waals surface area contributed by atoms with Gasteiger partial charge in [-0.2, -0.15) is 0 Å². The van der Waals surface area contributed by atoms with Gasteiger partial charge in [-0.05, 0) is 70.4 Å². The molecule has 132 valence electrons. The van der Waals surface area contributed by atoms with Crippen LogP contribution < -0.4 is 4.90 Å². The molecule has 0 radical (unpaired) electrons. The van der Waals surface area contributed by atoms with Crippen LogP contribution in [0.15, 0.2) is 23.2 Å². The summed E-state index contributed by atoms with van der Waals surface area (Å²) in [5.74, 6) is 1.61. The standard InChI is InChI=1S/C19H29N3OS/c1-19(2,23)14-7-9-15(10-8-14)22-17-16(6-5-11-20-17)24-18(22)21-12-3-4-13-21/h5-6,11,14-15,18,23H,3-4,7-10,12-13H2,1-2H3. The van der Waals surface area contributed by atoms with Crippen LogP contribution in [0, 0.1) is 5.92 Å². The highest BCUT2D eigenvalue weighted by Gasteiger charge is 2.42. The first-order chi connectivity index (χ1) is 11.5. The summed E-state index contributed by atoms with van der Waals surface area (Å²) in [6.07, 6.45) is 9.13. The summed E-state index contributed by atoms with van der Waals surface area (Å²) in [5.41, 5.74) is -0.129. The molecule has 3 aliphatic rings. The number of nitrogens with zero attached hydrogens (tertiary/aromatic N) is 3. The van der Waals surface area contributed by atoms with Crippen molar-refractivity contribution in [2.45, 2.75) is 74.4 Å². The van der Waals surface area contributed by atoms with E-state index in [4.69, 9.17) is 4.98 Å². The molecule has 0 aromatic carbocycles. The second kappa shape index (κ2) is 6.50. The van der Waals surface area contributed by atoms with E-state index in [0.717, 1.165) is 25.7 Å². The van der Waals surface area contributed by atoms with Gasteiger partial charge in [0, 0.05) is 25.3 Å². The maximum absolute atomic E-state index is 10.3. The Hall–Kier alpha value is -0.780. The van der Waals surface area contributed by atoms with Gasteiger partial charge in [0.2, 0.25) is 0 Å². The van der Waals surface area contributed by atoms with Gasteiger partial charge in [0.1, 0.15) is 11.3 Å². The molecule has 4 rings (SSSR count). The van der Waals surface area contributed by atoms with E-state index in [1.807, 2.05) is 31.8 Å². The second-order valence-corrected chi connectivity index (χ2v) is 9.18. The first kappa shape index (κ1) is 16.7. The highest BCUT2D eigenvalue weighted by atomic mass is 32.2. The lowest BCUT2D eigenvalue weighted by molar-refractivity contribution is -0.00207. The maximum atomic E-state index is 10.3. The van der Waals surface area contributed by atoms with Crippen LogP contribution in [0.3, 0.4) is 0 Å². The summed E-state index contributed by atoms with van der Waals surface area (Å²) < 4.78 is 0. The Morgan fingerprint density at radius 3 is 2.54 bits per heavy atom. The van der Waals surface area contributed by atoms with Crippen molar-refractivity contribution >= 4 is 17.6 Å². The topological polar surface area (TPSA) is 39.6 Å². The Kier molecular flexibility index (Phi) is 4.52. The number of aromatic nitrogens is 1. The van der Waals surface area contributed by atoms with Gasteiger partial charge in [-0.25, -0.2) is 4.98 Å². The van der Waals surface area contributed by atoms with Crippen molar-refractivity contribution in [3.63, 3.8) is 0 Å². The van der Waals surface area contributed by atoms with Crippen LogP contribution in [0.5, 0.6) is 0 Å². The zero-order chi connectivity index (χ0) is 16.7. The molecule has 1 aliphatic carbocycles. The lowest BCUT2D eigenvalue weighted by Crippen LogP contribution is -2.50. The van der Waals surface area contributed by atoms with Crippen LogP contribution in [-0.4, -0.2) is 45.2 Å². The number of likely N-dealkylation sites (tertiary alicyclic amines) is 1. The van der Waals surface area contributed by atoms with E-state index in [0.29, 0.717) is 17.5 Å². The molecule has 1 saturated heterocycles. The van der Waals surface area contributed by atoms with E-state index in [2.05, 4.69) is 21.9 Å². The minimum Gasteiger partial charge on any atom is -0.390 e. The van der Waals surface area contributed by atoms with Crippen LogP contribution in [-0.2, 0) is 0 Å².